The van der Waals surface area contributed by atoms with Crippen LogP contribution in [0.5, 0.6) is 5.75 Å². The predicted molar refractivity (Wildman–Crippen MR) is 123 cm³/mol. The van der Waals surface area contributed by atoms with Crippen LogP contribution in [0.2, 0.25) is 0 Å². The largest absolute Gasteiger partial charge is 0.495 e. The summed E-state index contributed by atoms with van der Waals surface area (Å²) in [6.45, 7) is 8.24. The van der Waals surface area contributed by atoms with Crippen LogP contribution < -0.4 is 10.1 Å². The second-order valence-corrected chi connectivity index (χ2v) is 9.51. The number of amides is 1. The van der Waals surface area contributed by atoms with Crippen molar-refractivity contribution in [1.29, 1.82) is 0 Å². The van der Waals surface area contributed by atoms with Crippen LogP contribution in [-0.2, 0) is 11.2 Å². The topological polar surface area (TPSA) is 50.8 Å². The Hall–Kier alpha value is -2.31. The molecule has 1 aromatic heterocycles. The van der Waals surface area contributed by atoms with E-state index in [1.54, 1.807) is 18.4 Å². The third-order valence-electron chi connectivity index (χ3n) is 4.96. The van der Waals surface area contributed by atoms with Gasteiger partial charge in [-0.2, -0.15) is 0 Å². The van der Waals surface area contributed by atoms with Crippen LogP contribution in [-0.4, -0.2) is 49.4 Å². The molecule has 0 radical (unpaired) electrons. The van der Waals surface area contributed by atoms with E-state index in [4.69, 9.17) is 9.47 Å². The molecule has 0 fully saturated rings. The van der Waals surface area contributed by atoms with Crippen molar-refractivity contribution in [3.63, 3.8) is 0 Å². The van der Waals surface area contributed by atoms with E-state index >= 15 is 0 Å². The first kappa shape index (κ1) is 22.4. The summed E-state index contributed by atoms with van der Waals surface area (Å²) in [5, 5.41) is 5.16. The van der Waals surface area contributed by atoms with E-state index in [9.17, 15) is 4.79 Å². The lowest BCUT2D eigenvalue weighted by Crippen LogP contribution is -2.47. The van der Waals surface area contributed by atoms with Crippen LogP contribution >= 0.6 is 11.3 Å². The number of rotatable bonds is 7. The Morgan fingerprint density at radius 3 is 2.63 bits per heavy atom. The molecule has 1 amide bonds. The Bertz CT molecular complexity index is 855. The van der Waals surface area contributed by atoms with E-state index in [0.717, 1.165) is 38.2 Å². The fraction of sp³-hybridized carbons (Fsp3) is 0.458. The lowest BCUT2D eigenvalue weighted by Gasteiger charge is -2.31. The van der Waals surface area contributed by atoms with Gasteiger partial charge in [0.25, 0.3) is 0 Å². The number of benzene rings is 1. The summed E-state index contributed by atoms with van der Waals surface area (Å²) >= 11 is 1.73. The molecular formula is C24H32N2O3S. The molecule has 1 N–H and O–H groups in total. The highest BCUT2D eigenvalue weighted by Gasteiger charge is 2.23. The van der Waals surface area contributed by atoms with E-state index in [-0.39, 0.29) is 12.1 Å². The first-order valence-electron chi connectivity index (χ1n) is 10.4. The molecule has 3 rings (SSSR count). The van der Waals surface area contributed by atoms with Crippen molar-refractivity contribution in [2.75, 3.05) is 26.7 Å². The van der Waals surface area contributed by atoms with Crippen molar-refractivity contribution in [1.82, 2.24) is 10.2 Å². The molecule has 0 aliphatic carbocycles. The summed E-state index contributed by atoms with van der Waals surface area (Å²) in [6.07, 6.45) is 3.66. The van der Waals surface area contributed by atoms with E-state index in [0.29, 0.717) is 0 Å². The lowest BCUT2D eigenvalue weighted by molar-refractivity contribution is 0.0492. The van der Waals surface area contributed by atoms with Gasteiger partial charge in [-0.05, 0) is 56.2 Å². The Morgan fingerprint density at radius 1 is 1.23 bits per heavy atom. The molecule has 2 heterocycles. The summed E-state index contributed by atoms with van der Waals surface area (Å²) in [5.41, 5.74) is 2.04. The average molecular weight is 429 g/mol. The number of hydrogen-bond donors (Lipinski definition) is 1. The minimum atomic E-state index is -0.510. The Balaban J connectivity index is 1.64. The maximum Gasteiger partial charge on any atom is 0.407 e. The molecule has 5 nitrogen and oxygen atoms in total. The van der Waals surface area contributed by atoms with E-state index in [2.05, 4.69) is 33.8 Å². The molecule has 162 valence electrons. The van der Waals surface area contributed by atoms with Gasteiger partial charge in [0, 0.05) is 25.7 Å². The van der Waals surface area contributed by atoms with Crippen molar-refractivity contribution < 1.29 is 14.3 Å². The standard InChI is InChI=1S/C24H32N2O3S/c1-24(2,3)29-23(27)25-20(16-18-8-6-5-7-9-18)17-26-13-10-19(11-14-26)22-21(28-4)12-15-30-22/h5-10,12,15,20H,11,13-14,16-17H2,1-4H3,(H,25,27)/t20-/m0/s1. The van der Waals surface area contributed by atoms with Crippen LogP contribution in [0.15, 0.2) is 47.9 Å². The van der Waals surface area contributed by atoms with Crippen LogP contribution in [0.1, 0.15) is 37.6 Å². The number of carbonyl (C=O) groups excluding carboxylic acids is 1. The maximum atomic E-state index is 12.4. The van der Waals surface area contributed by atoms with Gasteiger partial charge in [0.2, 0.25) is 0 Å². The summed E-state index contributed by atoms with van der Waals surface area (Å²) < 4.78 is 11.0. The molecule has 0 saturated carbocycles. The first-order valence-corrected chi connectivity index (χ1v) is 11.3. The minimum Gasteiger partial charge on any atom is -0.495 e. The lowest BCUT2D eigenvalue weighted by atomic mass is 10.0. The number of methoxy groups -OCH3 is 1. The van der Waals surface area contributed by atoms with Crippen molar-refractivity contribution >= 4 is 23.0 Å². The summed E-state index contributed by atoms with van der Waals surface area (Å²) in [7, 11) is 1.72. The third kappa shape index (κ3) is 6.61. The Morgan fingerprint density at radius 2 is 2.00 bits per heavy atom. The first-order chi connectivity index (χ1) is 14.3. The fourth-order valence-corrected chi connectivity index (χ4v) is 4.55. The number of alkyl carbamates (subject to hydrolysis) is 1. The zero-order valence-corrected chi connectivity index (χ0v) is 19.1. The van der Waals surface area contributed by atoms with Crippen LogP contribution in [0.25, 0.3) is 5.57 Å². The molecule has 6 heteroatoms. The van der Waals surface area contributed by atoms with Crippen LogP contribution in [0.3, 0.4) is 0 Å². The number of nitrogens with one attached hydrogen (secondary N) is 1. The van der Waals surface area contributed by atoms with Crippen LogP contribution in [0, 0.1) is 0 Å². The monoisotopic (exact) mass is 428 g/mol. The maximum absolute atomic E-state index is 12.4. The second kappa shape index (κ2) is 10.1. The third-order valence-corrected chi connectivity index (χ3v) is 5.93. The second-order valence-electron chi connectivity index (χ2n) is 8.59. The SMILES string of the molecule is COc1ccsc1C1=CCN(C[C@H](Cc2ccccc2)NC(=O)OC(C)(C)C)CC1. The highest BCUT2D eigenvalue weighted by Crippen LogP contribution is 2.34. The number of carbonyl (C=O) groups is 1. The van der Waals surface area contributed by atoms with Gasteiger partial charge in [-0.1, -0.05) is 36.4 Å². The summed E-state index contributed by atoms with van der Waals surface area (Å²) in [6, 6.07) is 12.3. The average Bonchev–Trinajstić information content (AvgIpc) is 3.16. The molecule has 1 atom stereocenters. The number of nitrogens with zero attached hydrogens (tertiary/aromatic N) is 1. The normalized spacial score (nSPS) is 15.9. The number of ether oxygens (including phenoxy) is 2. The van der Waals surface area contributed by atoms with Crippen LogP contribution in [0.4, 0.5) is 4.79 Å². The van der Waals surface area contributed by atoms with Gasteiger partial charge >= 0.3 is 6.09 Å². The van der Waals surface area contributed by atoms with Crippen molar-refractivity contribution in [3.8, 4) is 5.75 Å². The van der Waals surface area contributed by atoms with Gasteiger partial charge in [-0.3, -0.25) is 4.90 Å². The van der Waals surface area contributed by atoms with Gasteiger partial charge in [0.05, 0.1) is 12.0 Å². The molecule has 0 bridgehead atoms. The molecule has 1 aliphatic rings. The predicted octanol–water partition coefficient (Wildman–Crippen LogP) is 4.98. The molecule has 1 aromatic carbocycles. The van der Waals surface area contributed by atoms with E-state index in [1.807, 2.05) is 45.0 Å². The fourth-order valence-electron chi connectivity index (χ4n) is 3.62. The number of thiophene rings is 1. The van der Waals surface area contributed by atoms with Gasteiger partial charge in [0.15, 0.2) is 0 Å². The smallest absolute Gasteiger partial charge is 0.407 e. The van der Waals surface area contributed by atoms with Gasteiger partial charge in [-0.15, -0.1) is 11.3 Å². The van der Waals surface area contributed by atoms with Crippen molar-refractivity contribution in [2.24, 2.45) is 0 Å². The molecular weight excluding hydrogens is 396 g/mol. The molecule has 2 aromatic rings. The molecule has 0 saturated heterocycles. The zero-order chi connectivity index (χ0) is 21.6. The van der Waals surface area contributed by atoms with Gasteiger partial charge < -0.3 is 14.8 Å². The summed E-state index contributed by atoms with van der Waals surface area (Å²) in [4.78, 5) is 16.0. The zero-order valence-electron chi connectivity index (χ0n) is 18.3. The molecule has 0 unspecified atom stereocenters. The summed E-state index contributed by atoms with van der Waals surface area (Å²) in [5.74, 6) is 0.952. The minimum absolute atomic E-state index is 0.0199. The van der Waals surface area contributed by atoms with Gasteiger partial charge in [0.1, 0.15) is 11.4 Å². The van der Waals surface area contributed by atoms with Crippen molar-refractivity contribution in [3.05, 3.63) is 58.3 Å². The quantitative estimate of drug-likeness (QED) is 0.676. The molecule has 30 heavy (non-hydrogen) atoms. The van der Waals surface area contributed by atoms with Gasteiger partial charge in [-0.25, -0.2) is 4.79 Å². The number of hydrogen-bond acceptors (Lipinski definition) is 5. The van der Waals surface area contributed by atoms with Crippen molar-refractivity contribution in [2.45, 2.75) is 45.3 Å². The molecule has 0 spiro atoms. The van der Waals surface area contributed by atoms with E-state index in [1.165, 1.54) is 16.0 Å². The molecule has 1 aliphatic heterocycles. The Kier molecular flexibility index (Phi) is 7.56. The highest BCUT2D eigenvalue weighted by molar-refractivity contribution is 7.11. The van der Waals surface area contributed by atoms with E-state index < -0.39 is 5.60 Å². The Labute approximate surface area is 183 Å². The highest BCUT2D eigenvalue weighted by atomic mass is 32.1.